The fraction of sp³-hybridized carbons (Fsp3) is 0.519. The molecule has 2 atom stereocenters. The topological polar surface area (TPSA) is 60.5 Å². The van der Waals surface area contributed by atoms with Crippen LogP contribution in [-0.2, 0) is 9.53 Å². The van der Waals surface area contributed by atoms with Crippen LogP contribution in [0.25, 0.3) is 0 Å². The Hall–Kier alpha value is -2.77. The summed E-state index contributed by atoms with van der Waals surface area (Å²) in [7, 11) is 3.27. The van der Waals surface area contributed by atoms with Crippen LogP contribution in [0.1, 0.15) is 35.6 Å². The molecule has 0 unspecified atom stereocenters. The maximum atomic E-state index is 13.3. The van der Waals surface area contributed by atoms with Crippen molar-refractivity contribution in [1.82, 2.24) is 9.80 Å². The number of hydrogen-bond donors (Lipinski definition) is 0. The molecule has 0 radical (unpaired) electrons. The van der Waals surface area contributed by atoms with Gasteiger partial charge in [0.2, 0.25) is 6.10 Å². The molecule has 2 aliphatic heterocycles. The van der Waals surface area contributed by atoms with Crippen molar-refractivity contribution in [2.75, 3.05) is 53.6 Å². The second kappa shape index (κ2) is 11.1. The number of ether oxygens (including phenoxy) is 4. The molecule has 2 aromatic rings. The minimum absolute atomic E-state index is 0.0269. The molecule has 4 rings (SSSR count). The van der Waals surface area contributed by atoms with E-state index in [1.54, 1.807) is 14.2 Å². The fourth-order valence-corrected chi connectivity index (χ4v) is 4.65. The molecule has 2 aromatic carbocycles. The number of rotatable bonds is 10. The largest absolute Gasteiger partial charge is 0.497 e. The average Bonchev–Trinajstić information content (AvgIpc) is 2.86. The number of likely N-dealkylation sites (tertiary alicyclic amines) is 1. The van der Waals surface area contributed by atoms with Crippen molar-refractivity contribution in [2.45, 2.75) is 38.8 Å². The van der Waals surface area contributed by atoms with E-state index < -0.39 is 6.10 Å². The lowest BCUT2D eigenvalue weighted by Gasteiger charge is -2.47. The third-order valence-electron chi connectivity index (χ3n) is 6.69. The Morgan fingerprint density at radius 2 is 1.62 bits per heavy atom. The normalized spacial score (nSPS) is 20.7. The smallest absolute Gasteiger partial charge is 0.266 e. The average molecular weight is 469 g/mol. The molecule has 2 fully saturated rings. The van der Waals surface area contributed by atoms with Crippen LogP contribution in [0.5, 0.6) is 17.2 Å². The van der Waals surface area contributed by atoms with E-state index in [1.807, 2.05) is 49.1 Å². The third kappa shape index (κ3) is 5.47. The van der Waals surface area contributed by atoms with Crippen LogP contribution in [0, 0.1) is 13.8 Å². The number of aryl methyl sites for hydroxylation is 2. The van der Waals surface area contributed by atoms with Crippen LogP contribution >= 0.6 is 0 Å². The van der Waals surface area contributed by atoms with Crippen LogP contribution in [0.2, 0.25) is 0 Å². The zero-order valence-corrected chi connectivity index (χ0v) is 20.7. The van der Waals surface area contributed by atoms with Crippen molar-refractivity contribution < 1.29 is 23.7 Å². The second-order valence-electron chi connectivity index (χ2n) is 9.09. The monoisotopic (exact) mass is 468 g/mol. The Labute approximate surface area is 202 Å². The van der Waals surface area contributed by atoms with E-state index >= 15 is 0 Å². The van der Waals surface area contributed by atoms with Crippen LogP contribution in [0.15, 0.2) is 36.4 Å². The van der Waals surface area contributed by atoms with Crippen LogP contribution < -0.4 is 14.2 Å². The van der Waals surface area contributed by atoms with Crippen molar-refractivity contribution in [3.05, 3.63) is 53.1 Å². The molecule has 0 bridgehead atoms. The van der Waals surface area contributed by atoms with Crippen molar-refractivity contribution >= 4 is 5.91 Å². The summed E-state index contributed by atoms with van der Waals surface area (Å²) in [5, 5.41) is 0. The van der Waals surface area contributed by atoms with Gasteiger partial charge in [0, 0.05) is 25.7 Å². The van der Waals surface area contributed by atoms with Crippen molar-refractivity contribution in [1.29, 1.82) is 0 Å². The molecule has 2 aliphatic rings. The zero-order valence-electron chi connectivity index (χ0n) is 20.7. The Balaban J connectivity index is 1.50. The Morgan fingerprint density at radius 1 is 0.941 bits per heavy atom. The first-order chi connectivity index (χ1) is 16.5. The van der Waals surface area contributed by atoms with Crippen molar-refractivity contribution in [2.24, 2.45) is 0 Å². The van der Waals surface area contributed by atoms with E-state index in [-0.39, 0.29) is 11.9 Å². The lowest BCUT2D eigenvalue weighted by molar-refractivity contribution is -0.164. The number of carbonyl (C=O) groups excluding carboxylic acids is 1. The molecule has 1 amide bonds. The summed E-state index contributed by atoms with van der Waals surface area (Å²) in [4.78, 5) is 17.6. The highest BCUT2D eigenvalue weighted by Crippen LogP contribution is 2.41. The number of benzene rings is 2. The summed E-state index contributed by atoms with van der Waals surface area (Å²) in [6.45, 7) is 9.35. The molecule has 184 valence electrons. The Morgan fingerprint density at radius 3 is 2.29 bits per heavy atom. The first-order valence-corrected chi connectivity index (χ1v) is 12.1. The number of hydrogen-bond acceptors (Lipinski definition) is 6. The number of amides is 1. The quantitative estimate of drug-likeness (QED) is 0.391. The first-order valence-electron chi connectivity index (χ1n) is 12.1. The van der Waals surface area contributed by atoms with Gasteiger partial charge in [0.25, 0.3) is 5.91 Å². The lowest BCUT2D eigenvalue weighted by Crippen LogP contribution is -2.61. The van der Waals surface area contributed by atoms with E-state index in [0.29, 0.717) is 18.0 Å². The van der Waals surface area contributed by atoms with E-state index in [1.165, 1.54) is 0 Å². The third-order valence-corrected chi connectivity index (χ3v) is 6.69. The van der Waals surface area contributed by atoms with E-state index in [9.17, 15) is 4.79 Å². The minimum atomic E-state index is -0.573. The van der Waals surface area contributed by atoms with E-state index in [4.69, 9.17) is 18.9 Å². The van der Waals surface area contributed by atoms with Gasteiger partial charge in [0.1, 0.15) is 23.3 Å². The predicted molar refractivity (Wildman–Crippen MR) is 131 cm³/mol. The number of nitrogens with zero attached hydrogens (tertiary/aromatic N) is 2. The van der Waals surface area contributed by atoms with Gasteiger partial charge >= 0.3 is 0 Å². The summed E-state index contributed by atoms with van der Waals surface area (Å²) < 4.78 is 22.7. The molecule has 0 N–H and O–H groups in total. The number of morpholine rings is 1. The highest BCUT2D eigenvalue weighted by molar-refractivity contribution is 5.89. The zero-order chi connectivity index (χ0) is 24.1. The number of unbranched alkanes of at least 4 members (excludes halogenated alkanes) is 1. The number of methoxy groups -OCH3 is 2. The molecule has 0 aromatic heterocycles. The minimum Gasteiger partial charge on any atom is -0.497 e. The lowest BCUT2D eigenvalue weighted by atomic mass is 9.89. The van der Waals surface area contributed by atoms with Crippen LogP contribution in [-0.4, -0.2) is 75.4 Å². The predicted octanol–water partition coefficient (Wildman–Crippen LogP) is 3.76. The van der Waals surface area contributed by atoms with Crippen LogP contribution in [0.3, 0.4) is 0 Å². The molecule has 7 heteroatoms. The van der Waals surface area contributed by atoms with Crippen molar-refractivity contribution in [3.8, 4) is 17.2 Å². The SMILES string of the molecule is COc1cc(OC)cc([C@@H]2[C@H](Oc3cc(C)ccc3C)C(=O)N2CCCCN2CCOCC2)c1. The molecule has 2 heterocycles. The second-order valence-corrected chi connectivity index (χ2v) is 9.09. The summed E-state index contributed by atoms with van der Waals surface area (Å²) in [6, 6.07) is 11.7. The van der Waals surface area contributed by atoms with Gasteiger partial charge in [-0.25, -0.2) is 0 Å². The molecule has 34 heavy (non-hydrogen) atoms. The highest BCUT2D eigenvalue weighted by atomic mass is 16.5. The summed E-state index contributed by atoms with van der Waals surface area (Å²) in [6.07, 6.45) is 1.41. The molecule has 0 aliphatic carbocycles. The Kier molecular flexibility index (Phi) is 7.95. The van der Waals surface area contributed by atoms with E-state index in [2.05, 4.69) is 11.0 Å². The number of β-lactam (4-membered cyclic amide) rings is 1. The summed E-state index contributed by atoms with van der Waals surface area (Å²) in [5.41, 5.74) is 3.08. The molecular formula is C27H36N2O5. The van der Waals surface area contributed by atoms with Gasteiger partial charge in [-0.15, -0.1) is 0 Å². The van der Waals surface area contributed by atoms with Gasteiger partial charge in [-0.2, -0.15) is 0 Å². The molecule has 0 saturated carbocycles. The fourth-order valence-electron chi connectivity index (χ4n) is 4.65. The van der Waals surface area contributed by atoms with Gasteiger partial charge in [0.05, 0.1) is 27.4 Å². The number of carbonyl (C=O) groups is 1. The van der Waals surface area contributed by atoms with Gasteiger partial charge < -0.3 is 23.8 Å². The first kappa shape index (κ1) is 24.4. The van der Waals surface area contributed by atoms with Gasteiger partial charge in [-0.1, -0.05) is 12.1 Å². The summed E-state index contributed by atoms with van der Waals surface area (Å²) in [5.74, 6) is 2.18. The molecule has 2 saturated heterocycles. The van der Waals surface area contributed by atoms with E-state index in [0.717, 1.165) is 68.1 Å². The standard InChI is InChI=1S/C27H36N2O5/c1-19-7-8-20(2)24(15-19)34-26-25(21-16-22(31-3)18-23(17-21)32-4)29(27(26)30)10-6-5-9-28-11-13-33-14-12-28/h7-8,15-18,25-26H,5-6,9-14H2,1-4H3/t25-,26+/m1/s1. The molecular weight excluding hydrogens is 432 g/mol. The van der Waals surface area contributed by atoms with Crippen molar-refractivity contribution in [3.63, 3.8) is 0 Å². The summed E-state index contributed by atoms with van der Waals surface area (Å²) >= 11 is 0. The molecule has 7 nitrogen and oxygen atoms in total. The Bertz CT molecular complexity index is 967. The van der Waals surface area contributed by atoms with Gasteiger partial charge in [0.15, 0.2) is 0 Å². The van der Waals surface area contributed by atoms with Crippen LogP contribution in [0.4, 0.5) is 0 Å². The van der Waals surface area contributed by atoms with Gasteiger partial charge in [-0.3, -0.25) is 9.69 Å². The highest BCUT2D eigenvalue weighted by Gasteiger charge is 2.50. The maximum Gasteiger partial charge on any atom is 0.266 e. The maximum absolute atomic E-state index is 13.3. The van der Waals surface area contributed by atoms with Gasteiger partial charge in [-0.05, 0) is 68.1 Å². The molecule has 0 spiro atoms.